The van der Waals surface area contributed by atoms with Gasteiger partial charge in [-0.1, -0.05) is 0 Å². The summed E-state index contributed by atoms with van der Waals surface area (Å²) >= 11 is 1.46. The lowest BCUT2D eigenvalue weighted by Gasteiger charge is -2.08. The number of carbonyl (C=O) groups is 2. The number of carbonyl (C=O) groups excluding carboxylic acids is 2. The van der Waals surface area contributed by atoms with E-state index >= 15 is 0 Å². The van der Waals surface area contributed by atoms with Crippen molar-refractivity contribution in [2.45, 2.75) is 26.7 Å². The summed E-state index contributed by atoms with van der Waals surface area (Å²) in [5.74, 6) is 1.39. The molecule has 6 heteroatoms. The molecule has 1 N–H and O–H groups in total. The molecule has 134 valence electrons. The van der Waals surface area contributed by atoms with Crippen LogP contribution >= 0.6 is 11.3 Å². The maximum absolute atomic E-state index is 11.9. The Morgan fingerprint density at radius 3 is 2.28 bits per heavy atom. The van der Waals surface area contributed by atoms with E-state index in [0.717, 1.165) is 16.4 Å². The predicted octanol–water partition coefficient (Wildman–Crippen LogP) is 3.61. The summed E-state index contributed by atoms with van der Waals surface area (Å²) < 4.78 is 10.9. The maximum atomic E-state index is 11.9. The van der Waals surface area contributed by atoms with Gasteiger partial charge in [0.15, 0.2) is 5.78 Å². The minimum Gasteiger partial charge on any atom is -0.494 e. The van der Waals surface area contributed by atoms with E-state index < -0.39 is 0 Å². The number of amides is 1. The van der Waals surface area contributed by atoms with E-state index in [2.05, 4.69) is 5.32 Å². The quantitative estimate of drug-likeness (QED) is 0.519. The summed E-state index contributed by atoms with van der Waals surface area (Å²) in [7, 11) is 0. The fourth-order valence-corrected chi connectivity index (χ4v) is 3.02. The van der Waals surface area contributed by atoms with Gasteiger partial charge in [0.25, 0.3) is 0 Å². The van der Waals surface area contributed by atoms with E-state index in [9.17, 15) is 9.59 Å². The Balaban J connectivity index is 1.61. The van der Waals surface area contributed by atoms with Gasteiger partial charge in [0, 0.05) is 17.7 Å². The molecule has 0 saturated carbocycles. The van der Waals surface area contributed by atoms with E-state index in [1.54, 1.807) is 0 Å². The van der Waals surface area contributed by atoms with Gasteiger partial charge in [-0.25, -0.2) is 0 Å². The van der Waals surface area contributed by atoms with Crippen molar-refractivity contribution < 1.29 is 19.1 Å². The molecule has 0 saturated heterocycles. The number of hydrogen-bond acceptors (Lipinski definition) is 5. The molecule has 1 heterocycles. The third-order valence-corrected chi connectivity index (χ3v) is 4.46. The van der Waals surface area contributed by atoms with Gasteiger partial charge in [0.2, 0.25) is 5.91 Å². The number of benzene rings is 1. The van der Waals surface area contributed by atoms with Crippen LogP contribution in [-0.2, 0) is 4.79 Å². The molecule has 1 aromatic heterocycles. The van der Waals surface area contributed by atoms with Gasteiger partial charge < -0.3 is 14.8 Å². The number of nitrogens with one attached hydrogen (secondary N) is 1. The highest BCUT2D eigenvalue weighted by atomic mass is 32.1. The first-order chi connectivity index (χ1) is 12.1. The Labute approximate surface area is 152 Å². The molecule has 0 radical (unpaired) electrons. The summed E-state index contributed by atoms with van der Waals surface area (Å²) in [4.78, 5) is 25.5. The summed E-state index contributed by atoms with van der Waals surface area (Å²) in [5, 5.41) is 2.76. The van der Waals surface area contributed by atoms with Crippen molar-refractivity contribution in [1.82, 2.24) is 5.32 Å². The fraction of sp³-hybridized carbons (Fsp3) is 0.368. The van der Waals surface area contributed by atoms with E-state index in [0.29, 0.717) is 24.6 Å². The number of hydrogen-bond donors (Lipinski definition) is 1. The van der Waals surface area contributed by atoms with Crippen LogP contribution in [0.15, 0.2) is 36.4 Å². The third kappa shape index (κ3) is 6.58. The highest BCUT2D eigenvalue weighted by molar-refractivity contribution is 7.14. The topological polar surface area (TPSA) is 64.6 Å². The molecule has 0 aliphatic heterocycles. The van der Waals surface area contributed by atoms with E-state index in [-0.39, 0.29) is 24.5 Å². The number of rotatable bonds is 10. The van der Waals surface area contributed by atoms with Gasteiger partial charge >= 0.3 is 0 Å². The van der Waals surface area contributed by atoms with Crippen molar-refractivity contribution >= 4 is 23.0 Å². The molecule has 2 aromatic rings. The van der Waals surface area contributed by atoms with Crippen molar-refractivity contribution in [3.8, 4) is 11.5 Å². The highest BCUT2D eigenvalue weighted by Crippen LogP contribution is 2.18. The summed E-state index contributed by atoms with van der Waals surface area (Å²) in [6, 6.07) is 11.1. The van der Waals surface area contributed by atoms with Gasteiger partial charge in [-0.15, -0.1) is 11.3 Å². The zero-order chi connectivity index (χ0) is 18.1. The largest absolute Gasteiger partial charge is 0.494 e. The van der Waals surface area contributed by atoms with E-state index in [4.69, 9.17) is 9.47 Å². The van der Waals surface area contributed by atoms with Gasteiger partial charge in [-0.05, 0) is 50.2 Å². The molecule has 0 unspecified atom stereocenters. The van der Waals surface area contributed by atoms with Crippen LogP contribution in [0.4, 0.5) is 0 Å². The second-order valence-electron chi connectivity index (χ2n) is 5.44. The van der Waals surface area contributed by atoms with Crippen LogP contribution in [0.2, 0.25) is 0 Å². The van der Waals surface area contributed by atoms with Crippen LogP contribution in [0.25, 0.3) is 0 Å². The third-order valence-electron chi connectivity index (χ3n) is 3.42. The Kier molecular flexibility index (Phi) is 7.47. The number of ether oxygens (including phenoxy) is 2. The lowest BCUT2D eigenvalue weighted by molar-refractivity contribution is -0.121. The van der Waals surface area contributed by atoms with Crippen LogP contribution < -0.4 is 14.8 Å². The zero-order valence-corrected chi connectivity index (χ0v) is 15.4. The van der Waals surface area contributed by atoms with Crippen molar-refractivity contribution in [2.24, 2.45) is 0 Å². The average Bonchev–Trinajstić information content (AvgIpc) is 3.05. The summed E-state index contributed by atoms with van der Waals surface area (Å²) in [6.07, 6.45) is 0.421. The fourth-order valence-electron chi connectivity index (χ4n) is 2.18. The minimum absolute atomic E-state index is 0.0129. The lowest BCUT2D eigenvalue weighted by Crippen LogP contribution is -2.28. The van der Waals surface area contributed by atoms with Crippen LogP contribution in [0, 0.1) is 6.92 Å². The number of Topliss-reactive ketones (excluding diaryl/α,β-unsaturated/α-hetero) is 1. The SMILES string of the molecule is CCOc1ccc(OCCNC(=O)CCC(=O)c2ccc(C)s2)cc1. The van der Waals surface area contributed by atoms with Crippen molar-refractivity contribution in [1.29, 1.82) is 0 Å². The van der Waals surface area contributed by atoms with Crippen molar-refractivity contribution in [3.05, 3.63) is 46.2 Å². The van der Waals surface area contributed by atoms with Gasteiger partial charge in [-0.2, -0.15) is 0 Å². The number of ketones is 1. The minimum atomic E-state index is -0.142. The van der Waals surface area contributed by atoms with Gasteiger partial charge in [0.1, 0.15) is 18.1 Å². The van der Waals surface area contributed by atoms with Crippen molar-refractivity contribution in [2.75, 3.05) is 19.8 Å². The molecule has 0 bridgehead atoms. The van der Waals surface area contributed by atoms with Crippen LogP contribution in [0.3, 0.4) is 0 Å². The Bertz CT molecular complexity index is 694. The van der Waals surface area contributed by atoms with Gasteiger partial charge in [0.05, 0.1) is 18.0 Å². The first-order valence-corrected chi connectivity index (χ1v) is 9.12. The maximum Gasteiger partial charge on any atom is 0.220 e. The monoisotopic (exact) mass is 361 g/mol. The number of thiophene rings is 1. The molecule has 1 amide bonds. The molecule has 0 aliphatic carbocycles. The van der Waals surface area contributed by atoms with Gasteiger partial charge in [-0.3, -0.25) is 9.59 Å². The molecule has 25 heavy (non-hydrogen) atoms. The summed E-state index contributed by atoms with van der Waals surface area (Å²) in [5.41, 5.74) is 0. The second-order valence-corrected chi connectivity index (χ2v) is 6.72. The van der Waals surface area contributed by atoms with Crippen LogP contribution in [0.1, 0.15) is 34.3 Å². The molecule has 5 nitrogen and oxygen atoms in total. The van der Waals surface area contributed by atoms with E-state index in [1.807, 2.05) is 50.2 Å². The standard InChI is InChI=1S/C19H23NO4S/c1-3-23-15-5-7-16(8-6-15)24-13-12-20-19(22)11-9-17(21)18-10-4-14(2)25-18/h4-8,10H,3,9,11-13H2,1-2H3,(H,20,22). The average molecular weight is 361 g/mol. The lowest BCUT2D eigenvalue weighted by atomic mass is 10.2. The highest BCUT2D eigenvalue weighted by Gasteiger charge is 2.10. The van der Waals surface area contributed by atoms with Crippen molar-refractivity contribution in [3.63, 3.8) is 0 Å². The summed E-state index contributed by atoms with van der Waals surface area (Å²) in [6.45, 7) is 5.29. The number of aryl methyl sites for hydroxylation is 1. The molecular formula is C19H23NO4S. The molecule has 2 rings (SSSR count). The first kappa shape index (κ1) is 19.0. The molecule has 0 spiro atoms. The molecule has 1 aromatic carbocycles. The molecule has 0 aliphatic rings. The normalized spacial score (nSPS) is 10.3. The Morgan fingerprint density at radius 2 is 1.68 bits per heavy atom. The van der Waals surface area contributed by atoms with Crippen LogP contribution in [-0.4, -0.2) is 31.4 Å². The van der Waals surface area contributed by atoms with E-state index in [1.165, 1.54) is 11.3 Å². The predicted molar refractivity (Wildman–Crippen MR) is 98.7 cm³/mol. The zero-order valence-electron chi connectivity index (χ0n) is 14.5. The Hall–Kier alpha value is -2.34. The smallest absolute Gasteiger partial charge is 0.220 e. The van der Waals surface area contributed by atoms with Crippen LogP contribution in [0.5, 0.6) is 11.5 Å². The molecular weight excluding hydrogens is 338 g/mol. The second kappa shape index (κ2) is 9.84. The first-order valence-electron chi connectivity index (χ1n) is 8.30. The Morgan fingerprint density at radius 1 is 1.00 bits per heavy atom. The molecule has 0 fully saturated rings. The molecule has 0 atom stereocenters.